The highest BCUT2D eigenvalue weighted by Gasteiger charge is 2.16. The summed E-state index contributed by atoms with van der Waals surface area (Å²) in [6.45, 7) is 6.37. The molecule has 8 heteroatoms. The summed E-state index contributed by atoms with van der Waals surface area (Å²) in [5, 5.41) is 5.89. The van der Waals surface area contributed by atoms with E-state index in [0.29, 0.717) is 24.0 Å². The van der Waals surface area contributed by atoms with Crippen LogP contribution in [0.1, 0.15) is 78.1 Å². The van der Waals surface area contributed by atoms with E-state index in [1.165, 1.54) is 38.5 Å². The van der Waals surface area contributed by atoms with Crippen LogP contribution in [0.5, 0.6) is 0 Å². The number of carbonyl (C=O) groups excluding carboxylic acids is 1. The third-order valence-electron chi connectivity index (χ3n) is 5.01. The first kappa shape index (κ1) is 27.1. The lowest BCUT2D eigenvalue weighted by atomic mass is 10.1. The van der Waals surface area contributed by atoms with Crippen molar-refractivity contribution >= 4 is 16.1 Å². The molecule has 0 aromatic rings. The minimum atomic E-state index is -3.88. The Morgan fingerprint density at radius 2 is 1.54 bits per heavy atom. The Morgan fingerprint density at radius 3 is 2.14 bits per heavy atom. The molecule has 0 heterocycles. The van der Waals surface area contributed by atoms with Crippen molar-refractivity contribution in [3.05, 3.63) is 0 Å². The monoisotopic (exact) mass is 422 g/mol. The molecule has 168 valence electrons. The van der Waals surface area contributed by atoms with Gasteiger partial charge in [-0.25, -0.2) is 4.79 Å². The van der Waals surface area contributed by atoms with Gasteiger partial charge in [-0.1, -0.05) is 51.9 Å². The molecule has 0 aromatic heterocycles. The number of unbranched alkanes of at least 4 members (excludes halogenated alkanes) is 6. The fourth-order valence-corrected chi connectivity index (χ4v) is 3.74. The molecule has 7 nitrogen and oxygen atoms in total. The lowest BCUT2D eigenvalue weighted by Crippen LogP contribution is -2.45. The van der Waals surface area contributed by atoms with Crippen LogP contribution in [-0.4, -0.2) is 69.0 Å². The van der Waals surface area contributed by atoms with Crippen LogP contribution in [-0.2, 0) is 10.1 Å². The second-order valence-corrected chi connectivity index (χ2v) is 10.2. The van der Waals surface area contributed by atoms with E-state index in [9.17, 15) is 13.2 Å². The quantitative estimate of drug-likeness (QED) is 0.190. The zero-order valence-corrected chi connectivity index (χ0v) is 19.3. The van der Waals surface area contributed by atoms with E-state index < -0.39 is 10.1 Å². The molecule has 0 bridgehead atoms. The Labute approximate surface area is 173 Å². The van der Waals surface area contributed by atoms with Crippen molar-refractivity contribution < 1.29 is 22.2 Å². The first-order chi connectivity index (χ1) is 13.1. The predicted molar refractivity (Wildman–Crippen MR) is 116 cm³/mol. The van der Waals surface area contributed by atoms with E-state index in [4.69, 9.17) is 4.55 Å². The van der Waals surface area contributed by atoms with E-state index >= 15 is 0 Å². The Balaban J connectivity index is 3.71. The molecule has 0 saturated carbocycles. The van der Waals surface area contributed by atoms with Gasteiger partial charge in [-0.05, 0) is 13.3 Å². The summed E-state index contributed by atoms with van der Waals surface area (Å²) in [6.07, 6.45) is 11.2. The van der Waals surface area contributed by atoms with Crippen molar-refractivity contribution in [3.63, 3.8) is 0 Å². The van der Waals surface area contributed by atoms with Crippen LogP contribution in [0.15, 0.2) is 0 Å². The molecular formula is C20H44N3O4S+. The number of rotatable bonds is 17. The first-order valence-corrected chi connectivity index (χ1v) is 12.5. The standard InChI is InChI=1S/C20H43N3O4S/c1-5-6-7-8-9-10-11-14-19(2)22-20(24)21-15-12-16-23(3,4)17-13-18-28(25,26)27/h19H,5-18H2,1-4H3,(H2-,21,22,24,25,26,27)/p+1. The van der Waals surface area contributed by atoms with Gasteiger partial charge in [0.25, 0.3) is 10.1 Å². The fourth-order valence-electron chi connectivity index (χ4n) is 3.25. The van der Waals surface area contributed by atoms with E-state index in [-0.39, 0.29) is 17.8 Å². The number of nitrogens with zero attached hydrogens (tertiary/aromatic N) is 1. The van der Waals surface area contributed by atoms with Crippen molar-refractivity contribution in [3.8, 4) is 0 Å². The largest absolute Gasteiger partial charge is 0.338 e. The number of urea groups is 1. The number of quaternary nitrogens is 1. The van der Waals surface area contributed by atoms with Crippen molar-refractivity contribution in [2.24, 2.45) is 0 Å². The Bertz CT molecular complexity index is 510. The van der Waals surface area contributed by atoms with Gasteiger partial charge in [0.05, 0.1) is 32.9 Å². The molecule has 0 saturated heterocycles. The highest BCUT2D eigenvalue weighted by Crippen LogP contribution is 2.09. The van der Waals surface area contributed by atoms with Crippen LogP contribution in [0.3, 0.4) is 0 Å². The van der Waals surface area contributed by atoms with Gasteiger partial charge in [-0.3, -0.25) is 4.55 Å². The maximum atomic E-state index is 11.9. The van der Waals surface area contributed by atoms with Gasteiger partial charge < -0.3 is 15.1 Å². The van der Waals surface area contributed by atoms with Gasteiger partial charge in [0, 0.05) is 25.4 Å². The summed E-state index contributed by atoms with van der Waals surface area (Å²) >= 11 is 0. The van der Waals surface area contributed by atoms with Crippen molar-refractivity contribution in [1.29, 1.82) is 0 Å². The molecule has 0 fully saturated rings. The van der Waals surface area contributed by atoms with Gasteiger partial charge in [-0.2, -0.15) is 8.42 Å². The minimum Gasteiger partial charge on any atom is -0.338 e. The zero-order chi connectivity index (χ0) is 21.5. The third kappa shape index (κ3) is 18.5. The molecular weight excluding hydrogens is 378 g/mol. The molecule has 3 N–H and O–H groups in total. The molecule has 1 atom stereocenters. The molecule has 0 radical (unpaired) electrons. The van der Waals surface area contributed by atoms with Crippen LogP contribution in [0, 0.1) is 0 Å². The minimum absolute atomic E-state index is 0.118. The number of hydrogen-bond donors (Lipinski definition) is 3. The van der Waals surface area contributed by atoms with Crippen molar-refractivity contribution in [2.75, 3.05) is 39.5 Å². The predicted octanol–water partition coefficient (Wildman–Crippen LogP) is 3.56. The number of hydrogen-bond acceptors (Lipinski definition) is 3. The molecule has 0 aliphatic heterocycles. The zero-order valence-electron chi connectivity index (χ0n) is 18.5. The van der Waals surface area contributed by atoms with Gasteiger partial charge in [-0.15, -0.1) is 0 Å². The third-order valence-corrected chi connectivity index (χ3v) is 5.81. The van der Waals surface area contributed by atoms with E-state index in [1.807, 2.05) is 21.0 Å². The average Bonchev–Trinajstić information content (AvgIpc) is 2.56. The summed E-state index contributed by atoms with van der Waals surface area (Å²) in [6, 6.07) is 0.0652. The molecule has 0 spiro atoms. The second kappa shape index (κ2) is 15.0. The van der Waals surface area contributed by atoms with Crippen LogP contribution in [0.25, 0.3) is 0 Å². The Hall–Kier alpha value is -0.860. The molecule has 2 amide bonds. The van der Waals surface area contributed by atoms with Crippen molar-refractivity contribution in [2.45, 2.75) is 84.1 Å². The highest BCUT2D eigenvalue weighted by molar-refractivity contribution is 7.85. The molecule has 1 unspecified atom stereocenters. The summed E-state index contributed by atoms with van der Waals surface area (Å²) in [7, 11) is 0.160. The maximum Gasteiger partial charge on any atom is 0.314 e. The lowest BCUT2D eigenvalue weighted by Gasteiger charge is -2.29. The molecule has 0 aromatic carbocycles. The molecule has 0 aliphatic rings. The Kier molecular flexibility index (Phi) is 14.6. The van der Waals surface area contributed by atoms with Crippen molar-refractivity contribution in [1.82, 2.24) is 10.6 Å². The number of carbonyl (C=O) groups is 1. The molecule has 0 aliphatic carbocycles. The number of nitrogens with one attached hydrogen (secondary N) is 2. The first-order valence-electron chi connectivity index (χ1n) is 10.9. The van der Waals surface area contributed by atoms with Crippen LogP contribution in [0.2, 0.25) is 0 Å². The average molecular weight is 423 g/mol. The topological polar surface area (TPSA) is 95.5 Å². The van der Waals surface area contributed by atoms with Crippen LogP contribution < -0.4 is 10.6 Å². The SMILES string of the molecule is CCCCCCCCCC(C)NC(=O)NCCC[N+](C)(C)CCCS(=O)(=O)O. The Morgan fingerprint density at radius 1 is 0.964 bits per heavy atom. The smallest absolute Gasteiger partial charge is 0.314 e. The summed E-state index contributed by atoms with van der Waals surface area (Å²) in [5.41, 5.74) is 0. The van der Waals surface area contributed by atoms with Gasteiger partial charge in [0.15, 0.2) is 0 Å². The fraction of sp³-hybridized carbons (Fsp3) is 0.950. The lowest BCUT2D eigenvalue weighted by molar-refractivity contribution is -0.890. The molecule has 28 heavy (non-hydrogen) atoms. The normalized spacial score (nSPS) is 13.3. The highest BCUT2D eigenvalue weighted by atomic mass is 32.2. The van der Waals surface area contributed by atoms with E-state index in [2.05, 4.69) is 17.6 Å². The van der Waals surface area contributed by atoms with Gasteiger partial charge >= 0.3 is 6.03 Å². The second-order valence-electron chi connectivity index (χ2n) is 8.59. The summed E-state index contributed by atoms with van der Waals surface area (Å²) in [4.78, 5) is 11.9. The maximum absolute atomic E-state index is 11.9. The van der Waals surface area contributed by atoms with Crippen LogP contribution >= 0.6 is 0 Å². The van der Waals surface area contributed by atoms with Gasteiger partial charge in [0.2, 0.25) is 0 Å². The van der Waals surface area contributed by atoms with E-state index in [1.54, 1.807) is 0 Å². The molecule has 0 rings (SSSR count). The summed E-state index contributed by atoms with van der Waals surface area (Å²) in [5.74, 6) is -0.202. The van der Waals surface area contributed by atoms with Gasteiger partial charge in [0.1, 0.15) is 0 Å². The van der Waals surface area contributed by atoms with E-state index in [0.717, 1.165) is 25.8 Å². The number of amides is 2. The summed E-state index contributed by atoms with van der Waals surface area (Å²) < 4.78 is 31.0. The van der Waals surface area contributed by atoms with Crippen LogP contribution in [0.4, 0.5) is 4.79 Å².